The fourth-order valence-corrected chi connectivity index (χ4v) is 1.81. The molecule has 0 amide bonds. The molecule has 18 heavy (non-hydrogen) atoms. The molecular formula is C12H21N3O2S. The van der Waals surface area contributed by atoms with E-state index in [-0.39, 0.29) is 10.3 Å². The van der Waals surface area contributed by atoms with Gasteiger partial charge in [0.1, 0.15) is 6.07 Å². The minimum Gasteiger partial charge on any atom is -0.284 e. The lowest BCUT2D eigenvalue weighted by atomic mass is 9.99. The molecule has 102 valence electrons. The van der Waals surface area contributed by atoms with E-state index in [1.807, 2.05) is 20.8 Å². The highest BCUT2D eigenvalue weighted by Crippen LogP contribution is 2.22. The lowest BCUT2D eigenvalue weighted by molar-refractivity contribution is 0.568. The molecule has 0 unspecified atom stereocenters. The van der Waals surface area contributed by atoms with Crippen LogP contribution in [0.25, 0.3) is 0 Å². The SMILES string of the molecule is CC(C)(C)/C=N/N/C=C(\C#N)S(=O)(=O)C(C)(C)C. The van der Waals surface area contributed by atoms with Crippen LogP contribution in [0.3, 0.4) is 0 Å². The van der Waals surface area contributed by atoms with Gasteiger partial charge in [-0.1, -0.05) is 20.8 Å². The molecule has 0 aliphatic carbocycles. The molecule has 0 aliphatic heterocycles. The highest BCUT2D eigenvalue weighted by atomic mass is 32.2. The quantitative estimate of drug-likeness (QED) is 0.484. The highest BCUT2D eigenvalue weighted by Gasteiger charge is 2.33. The number of sulfone groups is 1. The second-order valence-electron chi connectivity index (χ2n) is 5.99. The molecule has 0 saturated carbocycles. The lowest BCUT2D eigenvalue weighted by Gasteiger charge is -2.17. The second-order valence-corrected chi connectivity index (χ2v) is 8.66. The Balaban J connectivity index is 5.06. The van der Waals surface area contributed by atoms with E-state index in [1.54, 1.807) is 33.1 Å². The van der Waals surface area contributed by atoms with Crippen molar-refractivity contribution >= 4 is 16.1 Å². The maximum absolute atomic E-state index is 12.0. The Labute approximate surface area is 109 Å². The van der Waals surface area contributed by atoms with Crippen LogP contribution in [0.4, 0.5) is 0 Å². The molecule has 0 spiro atoms. The smallest absolute Gasteiger partial charge is 0.194 e. The monoisotopic (exact) mass is 271 g/mol. The normalized spacial score (nSPS) is 14.6. The first kappa shape index (κ1) is 16.6. The first-order chi connectivity index (χ1) is 7.92. The fraction of sp³-hybridized carbons (Fsp3) is 0.667. The number of nitrogens with one attached hydrogen (secondary N) is 1. The number of nitriles is 1. The first-order valence-corrected chi connectivity index (χ1v) is 7.05. The third-order valence-corrected chi connectivity index (χ3v) is 4.33. The van der Waals surface area contributed by atoms with E-state index in [4.69, 9.17) is 5.26 Å². The van der Waals surface area contributed by atoms with Gasteiger partial charge in [-0.3, -0.25) is 5.43 Å². The molecule has 5 nitrogen and oxygen atoms in total. The van der Waals surface area contributed by atoms with Gasteiger partial charge in [0.25, 0.3) is 0 Å². The molecule has 0 atom stereocenters. The number of rotatable bonds is 3. The summed E-state index contributed by atoms with van der Waals surface area (Å²) in [6, 6.07) is 1.68. The van der Waals surface area contributed by atoms with E-state index in [0.29, 0.717) is 0 Å². The molecule has 0 radical (unpaired) electrons. The predicted molar refractivity (Wildman–Crippen MR) is 73.5 cm³/mol. The number of hydrogen-bond acceptors (Lipinski definition) is 5. The van der Waals surface area contributed by atoms with E-state index in [0.717, 1.165) is 6.20 Å². The summed E-state index contributed by atoms with van der Waals surface area (Å²) in [6.07, 6.45) is 2.75. The second kappa shape index (κ2) is 5.53. The summed E-state index contributed by atoms with van der Waals surface area (Å²) < 4.78 is 23.0. The van der Waals surface area contributed by atoms with E-state index >= 15 is 0 Å². The van der Waals surface area contributed by atoms with Crippen LogP contribution < -0.4 is 5.43 Å². The molecule has 0 rings (SSSR count). The average molecular weight is 271 g/mol. The number of hydrazone groups is 1. The van der Waals surface area contributed by atoms with Crippen LogP contribution in [0, 0.1) is 16.7 Å². The molecule has 0 saturated heterocycles. The van der Waals surface area contributed by atoms with Crippen LogP contribution in [0.15, 0.2) is 16.2 Å². The maximum atomic E-state index is 12.0. The van der Waals surface area contributed by atoms with Gasteiger partial charge in [-0.05, 0) is 26.2 Å². The molecule has 1 N–H and O–H groups in total. The Morgan fingerprint density at radius 2 is 1.72 bits per heavy atom. The van der Waals surface area contributed by atoms with Gasteiger partial charge >= 0.3 is 0 Å². The van der Waals surface area contributed by atoms with Gasteiger partial charge in [-0.15, -0.1) is 0 Å². The van der Waals surface area contributed by atoms with Gasteiger partial charge in [0, 0.05) is 12.4 Å². The topological polar surface area (TPSA) is 82.3 Å². The van der Waals surface area contributed by atoms with Gasteiger partial charge in [0.05, 0.1) is 4.75 Å². The largest absolute Gasteiger partial charge is 0.284 e. The summed E-state index contributed by atoms with van der Waals surface area (Å²) in [5, 5.41) is 12.8. The standard InChI is InChI=1S/C12H21N3O2S/c1-11(2,3)9-15-14-8-10(7-13)18(16,17)12(4,5)6/h8-9,14H,1-6H3/b10-8+,15-9+. The summed E-state index contributed by atoms with van der Waals surface area (Å²) in [5.41, 5.74) is 2.36. The van der Waals surface area contributed by atoms with Crippen molar-refractivity contribution in [3.05, 3.63) is 11.1 Å². The summed E-state index contributed by atoms with van der Waals surface area (Å²) in [4.78, 5) is -0.318. The zero-order valence-corrected chi connectivity index (χ0v) is 12.6. The Morgan fingerprint density at radius 3 is 2.06 bits per heavy atom. The van der Waals surface area contributed by atoms with Gasteiger partial charge in [-0.25, -0.2) is 8.42 Å². The number of hydrogen-bond donors (Lipinski definition) is 1. The summed E-state index contributed by atoms with van der Waals surface area (Å²) in [5.74, 6) is 0. The van der Waals surface area contributed by atoms with Gasteiger partial charge in [-0.2, -0.15) is 10.4 Å². The zero-order chi connectivity index (χ0) is 14.6. The highest BCUT2D eigenvalue weighted by molar-refractivity contribution is 7.96. The molecule has 0 fully saturated rings. The minimum atomic E-state index is -3.64. The number of nitrogens with zero attached hydrogens (tertiary/aromatic N) is 2. The molecule has 0 aromatic carbocycles. The van der Waals surface area contributed by atoms with Crippen molar-refractivity contribution in [3.63, 3.8) is 0 Å². The van der Waals surface area contributed by atoms with Crippen molar-refractivity contribution in [1.82, 2.24) is 5.43 Å². The van der Waals surface area contributed by atoms with Crippen LogP contribution in [0.5, 0.6) is 0 Å². The molecular weight excluding hydrogens is 250 g/mol. The van der Waals surface area contributed by atoms with Crippen molar-refractivity contribution in [2.24, 2.45) is 10.5 Å². The Morgan fingerprint density at radius 1 is 1.22 bits per heavy atom. The van der Waals surface area contributed by atoms with E-state index in [1.165, 1.54) is 0 Å². The Hall–Kier alpha value is -1.35. The van der Waals surface area contributed by atoms with Gasteiger partial charge in [0.2, 0.25) is 0 Å². The van der Waals surface area contributed by atoms with Gasteiger partial charge in [0.15, 0.2) is 14.7 Å². The van der Waals surface area contributed by atoms with Crippen molar-refractivity contribution in [3.8, 4) is 6.07 Å². The van der Waals surface area contributed by atoms with Crippen molar-refractivity contribution < 1.29 is 8.42 Å². The van der Waals surface area contributed by atoms with Crippen LogP contribution in [-0.2, 0) is 9.84 Å². The van der Waals surface area contributed by atoms with Crippen molar-refractivity contribution in [2.45, 2.75) is 46.3 Å². The molecule has 6 heteroatoms. The van der Waals surface area contributed by atoms with Crippen LogP contribution in [-0.4, -0.2) is 19.4 Å². The molecule has 0 aromatic rings. The summed E-state index contributed by atoms with van der Waals surface area (Å²) in [7, 11) is -3.64. The van der Waals surface area contributed by atoms with E-state index in [2.05, 4.69) is 10.5 Å². The maximum Gasteiger partial charge on any atom is 0.194 e. The number of allylic oxidation sites excluding steroid dienone is 1. The first-order valence-electron chi connectivity index (χ1n) is 5.56. The Kier molecular flexibility index (Phi) is 5.11. The molecule has 0 heterocycles. The molecule has 0 bridgehead atoms. The zero-order valence-electron chi connectivity index (χ0n) is 11.8. The van der Waals surface area contributed by atoms with Crippen LogP contribution in [0.1, 0.15) is 41.5 Å². The summed E-state index contributed by atoms with van der Waals surface area (Å²) >= 11 is 0. The molecule has 0 aliphatic rings. The van der Waals surface area contributed by atoms with Crippen molar-refractivity contribution in [2.75, 3.05) is 0 Å². The lowest BCUT2D eigenvalue weighted by Crippen LogP contribution is -2.29. The van der Waals surface area contributed by atoms with E-state index in [9.17, 15) is 8.42 Å². The third kappa shape index (κ3) is 4.88. The van der Waals surface area contributed by atoms with Crippen LogP contribution in [0.2, 0.25) is 0 Å². The van der Waals surface area contributed by atoms with E-state index < -0.39 is 14.6 Å². The minimum absolute atomic E-state index is 0.115. The fourth-order valence-electron chi connectivity index (χ4n) is 0.827. The predicted octanol–water partition coefficient (Wildman–Crippen LogP) is 2.19. The van der Waals surface area contributed by atoms with Crippen molar-refractivity contribution in [1.29, 1.82) is 5.26 Å². The third-order valence-electron chi connectivity index (χ3n) is 1.93. The Bertz CT molecular complexity index is 483. The van der Waals surface area contributed by atoms with Gasteiger partial charge < -0.3 is 0 Å². The molecule has 0 aromatic heterocycles. The average Bonchev–Trinajstić information content (AvgIpc) is 2.13. The van der Waals surface area contributed by atoms with Crippen LogP contribution >= 0.6 is 0 Å². The summed E-state index contributed by atoms with van der Waals surface area (Å²) in [6.45, 7) is 10.5.